The summed E-state index contributed by atoms with van der Waals surface area (Å²) in [7, 11) is 1.61. The number of nitrogens with zero attached hydrogens (tertiary/aromatic N) is 1. The minimum Gasteiger partial charge on any atom is -0.457 e. The molecule has 1 atom stereocenters. The van der Waals surface area contributed by atoms with Crippen molar-refractivity contribution in [1.82, 2.24) is 10.6 Å². The lowest BCUT2D eigenvalue weighted by Gasteiger charge is -2.15. The van der Waals surface area contributed by atoms with Crippen molar-refractivity contribution in [3.63, 3.8) is 0 Å². The molecule has 0 aromatic rings. The van der Waals surface area contributed by atoms with Crippen LogP contribution >= 0.6 is 0 Å². The van der Waals surface area contributed by atoms with Gasteiger partial charge >= 0.3 is 0 Å². The summed E-state index contributed by atoms with van der Waals surface area (Å²) >= 11 is 0. The number of hydrogen-bond donors (Lipinski definition) is 2. The normalized spacial score (nSPS) is 18.6. The maximum absolute atomic E-state index is 11.3. The van der Waals surface area contributed by atoms with Gasteiger partial charge in [0, 0.05) is 19.9 Å². The summed E-state index contributed by atoms with van der Waals surface area (Å²) in [4.78, 5) is 15.0. The molecule has 0 spiro atoms. The Bertz CT molecular complexity index is 253. The van der Waals surface area contributed by atoms with E-state index in [1.165, 1.54) is 6.40 Å². The van der Waals surface area contributed by atoms with Gasteiger partial charge in [-0.15, -0.1) is 0 Å². The molecule has 84 valence electrons. The van der Waals surface area contributed by atoms with Crippen LogP contribution in [0.15, 0.2) is 17.3 Å². The summed E-state index contributed by atoms with van der Waals surface area (Å²) in [6.45, 7) is 1.47. The van der Waals surface area contributed by atoms with E-state index >= 15 is 0 Å². The van der Waals surface area contributed by atoms with Crippen molar-refractivity contribution in [2.75, 3.05) is 26.8 Å². The van der Waals surface area contributed by atoms with E-state index in [9.17, 15) is 4.79 Å². The fraction of sp³-hybridized carbons (Fsp3) is 0.556. The van der Waals surface area contributed by atoms with Gasteiger partial charge < -0.3 is 20.1 Å². The van der Waals surface area contributed by atoms with E-state index in [0.29, 0.717) is 13.2 Å². The van der Waals surface area contributed by atoms with Gasteiger partial charge in [0.1, 0.15) is 0 Å². The van der Waals surface area contributed by atoms with Gasteiger partial charge in [-0.3, -0.25) is 4.79 Å². The van der Waals surface area contributed by atoms with Crippen molar-refractivity contribution in [2.45, 2.75) is 6.23 Å². The van der Waals surface area contributed by atoms with Crippen molar-refractivity contribution in [2.24, 2.45) is 4.99 Å². The zero-order chi connectivity index (χ0) is 10.9. The first-order valence-electron chi connectivity index (χ1n) is 4.65. The van der Waals surface area contributed by atoms with Gasteiger partial charge in [-0.05, 0) is 6.08 Å². The molecule has 1 unspecified atom stereocenters. The summed E-state index contributed by atoms with van der Waals surface area (Å²) in [6, 6.07) is 0. The summed E-state index contributed by atoms with van der Waals surface area (Å²) < 4.78 is 9.84. The van der Waals surface area contributed by atoms with Crippen molar-refractivity contribution < 1.29 is 14.3 Å². The maximum atomic E-state index is 11.3. The van der Waals surface area contributed by atoms with Crippen LogP contribution in [0.2, 0.25) is 0 Å². The second kappa shape index (κ2) is 6.97. The fourth-order valence-electron chi connectivity index (χ4n) is 0.977. The predicted octanol–water partition coefficient (Wildman–Crippen LogP) is -0.763. The summed E-state index contributed by atoms with van der Waals surface area (Å²) in [6.07, 6.45) is 4.11. The van der Waals surface area contributed by atoms with E-state index in [1.807, 2.05) is 0 Å². The van der Waals surface area contributed by atoms with Crippen LogP contribution in [0.3, 0.4) is 0 Å². The Morgan fingerprint density at radius 1 is 1.67 bits per heavy atom. The van der Waals surface area contributed by atoms with Crippen LogP contribution in [0.1, 0.15) is 0 Å². The highest BCUT2D eigenvalue weighted by Gasteiger charge is 2.09. The number of nitrogens with one attached hydrogen (secondary N) is 2. The number of aliphatic imine (C=N–C) groups is 1. The number of hydrogen-bond acceptors (Lipinski definition) is 5. The molecule has 15 heavy (non-hydrogen) atoms. The second-order valence-corrected chi connectivity index (χ2v) is 2.89. The van der Waals surface area contributed by atoms with Crippen molar-refractivity contribution in [3.05, 3.63) is 12.3 Å². The van der Waals surface area contributed by atoms with E-state index in [0.717, 1.165) is 0 Å². The van der Waals surface area contributed by atoms with Gasteiger partial charge in [0.05, 0.1) is 13.2 Å². The molecule has 0 bridgehead atoms. The fourth-order valence-corrected chi connectivity index (χ4v) is 0.977. The average molecular weight is 213 g/mol. The number of methoxy groups -OCH3 is 1. The Kier molecular flexibility index (Phi) is 5.42. The van der Waals surface area contributed by atoms with Crippen LogP contribution in [-0.2, 0) is 14.3 Å². The molecular formula is C9H15N3O3. The van der Waals surface area contributed by atoms with Gasteiger partial charge in [-0.2, -0.15) is 0 Å². The minimum absolute atomic E-state index is 0.129. The quantitative estimate of drug-likeness (QED) is 0.569. The van der Waals surface area contributed by atoms with Gasteiger partial charge in [-0.25, -0.2) is 4.99 Å². The first kappa shape index (κ1) is 11.7. The Hall–Kier alpha value is -1.40. The molecule has 0 aliphatic carbocycles. The first-order chi connectivity index (χ1) is 7.33. The van der Waals surface area contributed by atoms with Crippen molar-refractivity contribution in [1.29, 1.82) is 0 Å². The van der Waals surface area contributed by atoms with E-state index < -0.39 is 6.23 Å². The second-order valence-electron chi connectivity index (χ2n) is 2.89. The monoisotopic (exact) mass is 213 g/mol. The zero-order valence-corrected chi connectivity index (χ0v) is 8.60. The largest absolute Gasteiger partial charge is 0.457 e. The molecule has 0 radical (unpaired) electrons. The molecule has 1 amide bonds. The minimum atomic E-state index is -0.417. The molecule has 6 heteroatoms. The number of carbonyl (C=O) groups is 1. The van der Waals surface area contributed by atoms with E-state index in [-0.39, 0.29) is 12.5 Å². The Morgan fingerprint density at radius 3 is 3.20 bits per heavy atom. The average Bonchev–Trinajstić information content (AvgIpc) is 2.26. The molecule has 1 heterocycles. The number of rotatable bonds is 6. The molecule has 6 nitrogen and oxygen atoms in total. The molecule has 2 N–H and O–H groups in total. The van der Waals surface area contributed by atoms with Crippen LogP contribution in [0.25, 0.3) is 0 Å². The SMILES string of the molecule is COCCNCC(=O)NC1C=CN=CO1. The van der Waals surface area contributed by atoms with Crippen LogP contribution in [0.5, 0.6) is 0 Å². The molecule has 0 saturated heterocycles. The summed E-state index contributed by atoms with van der Waals surface area (Å²) in [5.41, 5.74) is 0. The Balaban J connectivity index is 2.07. The highest BCUT2D eigenvalue weighted by molar-refractivity contribution is 5.78. The lowest BCUT2D eigenvalue weighted by atomic mass is 10.4. The lowest BCUT2D eigenvalue weighted by molar-refractivity contribution is -0.122. The zero-order valence-electron chi connectivity index (χ0n) is 8.60. The Labute approximate surface area is 88.3 Å². The predicted molar refractivity (Wildman–Crippen MR) is 55.4 cm³/mol. The summed E-state index contributed by atoms with van der Waals surface area (Å²) in [5, 5.41) is 5.58. The molecule has 0 saturated carbocycles. The molecule has 0 fully saturated rings. The van der Waals surface area contributed by atoms with E-state index in [1.54, 1.807) is 19.4 Å². The van der Waals surface area contributed by atoms with Gasteiger partial charge in [0.15, 0.2) is 12.6 Å². The maximum Gasteiger partial charge on any atom is 0.237 e. The van der Waals surface area contributed by atoms with Gasteiger partial charge in [0.2, 0.25) is 5.91 Å². The van der Waals surface area contributed by atoms with Crippen molar-refractivity contribution >= 4 is 12.3 Å². The standard InChI is InChI=1S/C9H15N3O3/c1-14-5-4-10-6-8(13)12-9-2-3-11-7-15-9/h2-3,7,9-10H,4-6H2,1H3,(H,12,13). The van der Waals surface area contributed by atoms with Crippen molar-refractivity contribution in [3.8, 4) is 0 Å². The molecule has 1 aliphatic rings. The lowest BCUT2D eigenvalue weighted by Crippen LogP contribution is -2.41. The van der Waals surface area contributed by atoms with E-state index in [4.69, 9.17) is 9.47 Å². The van der Waals surface area contributed by atoms with Gasteiger partial charge in [-0.1, -0.05) is 0 Å². The smallest absolute Gasteiger partial charge is 0.237 e. The molecular weight excluding hydrogens is 198 g/mol. The third kappa shape index (κ3) is 5.14. The molecule has 0 aromatic carbocycles. The number of carbonyl (C=O) groups excluding carboxylic acids is 1. The third-order valence-electron chi connectivity index (χ3n) is 1.69. The third-order valence-corrected chi connectivity index (χ3v) is 1.69. The number of ether oxygens (including phenoxy) is 2. The molecule has 1 rings (SSSR count). The topological polar surface area (TPSA) is 72.0 Å². The van der Waals surface area contributed by atoms with Crippen LogP contribution in [0.4, 0.5) is 0 Å². The van der Waals surface area contributed by atoms with Crippen LogP contribution in [0, 0.1) is 0 Å². The first-order valence-corrected chi connectivity index (χ1v) is 4.65. The molecule has 1 aliphatic heterocycles. The highest BCUT2D eigenvalue weighted by Crippen LogP contribution is 1.93. The summed E-state index contributed by atoms with van der Waals surface area (Å²) in [5.74, 6) is -0.129. The number of amides is 1. The Morgan fingerprint density at radius 2 is 2.53 bits per heavy atom. The molecule has 0 aromatic heterocycles. The van der Waals surface area contributed by atoms with E-state index in [2.05, 4.69) is 15.6 Å². The van der Waals surface area contributed by atoms with Crippen LogP contribution in [-0.4, -0.2) is 45.3 Å². The van der Waals surface area contributed by atoms with Gasteiger partial charge in [0.25, 0.3) is 0 Å². The highest BCUT2D eigenvalue weighted by atomic mass is 16.5. The van der Waals surface area contributed by atoms with Crippen LogP contribution < -0.4 is 10.6 Å².